The molecule has 0 spiro atoms. The summed E-state index contributed by atoms with van der Waals surface area (Å²) in [6.45, 7) is 6.02. The third kappa shape index (κ3) is 2.17. The van der Waals surface area contributed by atoms with Gasteiger partial charge in [-0.05, 0) is 33.6 Å². The SMILES string of the molecule is CC(C)(C)NC(=O)N1[C@H]2CC[C@@H]1c1cncnc1C2. The van der Waals surface area contributed by atoms with Crippen molar-refractivity contribution in [3.8, 4) is 0 Å². The molecule has 5 nitrogen and oxygen atoms in total. The molecule has 5 heteroatoms. The van der Waals surface area contributed by atoms with E-state index in [4.69, 9.17) is 0 Å². The van der Waals surface area contributed by atoms with Crippen LogP contribution in [0.5, 0.6) is 0 Å². The first kappa shape index (κ1) is 12.4. The fraction of sp³-hybridized carbons (Fsp3) is 0.643. The van der Waals surface area contributed by atoms with Crippen LogP contribution in [-0.2, 0) is 6.42 Å². The fourth-order valence-electron chi connectivity index (χ4n) is 3.12. The maximum atomic E-state index is 12.5. The van der Waals surface area contributed by atoms with Crippen molar-refractivity contribution in [1.29, 1.82) is 0 Å². The summed E-state index contributed by atoms with van der Waals surface area (Å²) in [5, 5.41) is 3.07. The van der Waals surface area contributed by atoms with Crippen LogP contribution in [0, 0.1) is 0 Å². The van der Waals surface area contributed by atoms with Crippen LogP contribution >= 0.6 is 0 Å². The van der Waals surface area contributed by atoms with Crippen LogP contribution in [0.15, 0.2) is 12.5 Å². The minimum atomic E-state index is -0.204. The monoisotopic (exact) mass is 260 g/mol. The number of hydrogen-bond donors (Lipinski definition) is 1. The predicted octanol–water partition coefficient (Wildman–Crippen LogP) is 2.05. The molecule has 1 N–H and O–H groups in total. The number of rotatable bonds is 0. The number of carbonyl (C=O) groups is 1. The van der Waals surface area contributed by atoms with Gasteiger partial charge in [0.25, 0.3) is 0 Å². The van der Waals surface area contributed by atoms with E-state index in [-0.39, 0.29) is 23.7 Å². The van der Waals surface area contributed by atoms with E-state index < -0.39 is 0 Å². The van der Waals surface area contributed by atoms with Gasteiger partial charge in [-0.2, -0.15) is 0 Å². The smallest absolute Gasteiger partial charge is 0.318 e. The largest absolute Gasteiger partial charge is 0.333 e. The van der Waals surface area contributed by atoms with Gasteiger partial charge in [0, 0.05) is 29.8 Å². The number of carbonyl (C=O) groups excluding carboxylic acids is 1. The van der Waals surface area contributed by atoms with Crippen molar-refractivity contribution >= 4 is 6.03 Å². The Labute approximate surface area is 113 Å². The Kier molecular flexibility index (Phi) is 2.73. The lowest BCUT2D eigenvalue weighted by atomic mass is 9.99. The zero-order valence-electron chi connectivity index (χ0n) is 11.7. The van der Waals surface area contributed by atoms with Crippen molar-refractivity contribution < 1.29 is 4.79 Å². The van der Waals surface area contributed by atoms with Crippen molar-refractivity contribution in [2.75, 3.05) is 0 Å². The molecule has 0 aliphatic carbocycles. The molecule has 0 unspecified atom stereocenters. The molecule has 2 amide bonds. The van der Waals surface area contributed by atoms with E-state index in [0.717, 1.165) is 30.5 Å². The van der Waals surface area contributed by atoms with Gasteiger partial charge in [-0.3, -0.25) is 0 Å². The van der Waals surface area contributed by atoms with Crippen molar-refractivity contribution in [2.24, 2.45) is 0 Å². The minimum absolute atomic E-state index is 0.0366. The maximum Gasteiger partial charge on any atom is 0.318 e. The second-order valence-electron chi connectivity index (χ2n) is 6.46. The second kappa shape index (κ2) is 4.18. The third-order valence-corrected chi connectivity index (χ3v) is 3.83. The Hall–Kier alpha value is -1.65. The highest BCUT2D eigenvalue weighted by molar-refractivity contribution is 5.76. The number of aromatic nitrogens is 2. The van der Waals surface area contributed by atoms with Gasteiger partial charge in [0.1, 0.15) is 6.33 Å². The lowest BCUT2D eigenvalue weighted by Crippen LogP contribution is -2.52. The van der Waals surface area contributed by atoms with Crippen molar-refractivity contribution in [3.63, 3.8) is 0 Å². The summed E-state index contributed by atoms with van der Waals surface area (Å²) in [6, 6.07) is 0.474. The Morgan fingerprint density at radius 2 is 2.21 bits per heavy atom. The molecule has 102 valence electrons. The normalized spacial score (nSPS) is 25.1. The molecule has 0 aromatic carbocycles. The molecule has 0 radical (unpaired) electrons. The van der Waals surface area contributed by atoms with Crippen LogP contribution < -0.4 is 5.32 Å². The second-order valence-corrected chi connectivity index (χ2v) is 6.46. The van der Waals surface area contributed by atoms with Crippen LogP contribution in [-0.4, -0.2) is 32.5 Å². The van der Waals surface area contributed by atoms with Crippen LogP contribution in [0.3, 0.4) is 0 Å². The molecule has 1 aromatic rings. The lowest BCUT2D eigenvalue weighted by molar-refractivity contribution is 0.157. The Balaban J connectivity index is 1.88. The lowest BCUT2D eigenvalue weighted by Gasteiger charge is -2.37. The van der Waals surface area contributed by atoms with E-state index in [1.165, 1.54) is 0 Å². The molecule has 2 aliphatic heterocycles. The van der Waals surface area contributed by atoms with Gasteiger partial charge in [0.2, 0.25) is 0 Å². The molecule has 3 heterocycles. The van der Waals surface area contributed by atoms with Crippen LogP contribution in [0.4, 0.5) is 4.79 Å². The van der Waals surface area contributed by atoms with E-state index >= 15 is 0 Å². The molecule has 1 saturated heterocycles. The summed E-state index contributed by atoms with van der Waals surface area (Å²) in [6.07, 6.45) is 6.39. The van der Waals surface area contributed by atoms with E-state index in [1.54, 1.807) is 6.33 Å². The third-order valence-electron chi connectivity index (χ3n) is 3.83. The average Bonchev–Trinajstić information content (AvgIpc) is 2.63. The highest BCUT2D eigenvalue weighted by Crippen LogP contribution is 2.42. The molecular weight excluding hydrogens is 240 g/mol. The Bertz CT molecular complexity index is 508. The van der Waals surface area contributed by atoms with Crippen molar-refractivity contribution in [2.45, 2.75) is 57.7 Å². The topological polar surface area (TPSA) is 58.1 Å². The number of urea groups is 1. The van der Waals surface area contributed by atoms with Gasteiger partial charge in [0.05, 0.1) is 11.7 Å². The Morgan fingerprint density at radius 3 is 2.95 bits per heavy atom. The molecule has 3 rings (SSSR count). The van der Waals surface area contributed by atoms with Crippen molar-refractivity contribution in [3.05, 3.63) is 23.8 Å². The summed E-state index contributed by atoms with van der Waals surface area (Å²) in [5.74, 6) is 0. The number of nitrogens with one attached hydrogen (secondary N) is 1. The van der Waals surface area contributed by atoms with E-state index in [2.05, 4.69) is 15.3 Å². The zero-order chi connectivity index (χ0) is 13.6. The highest BCUT2D eigenvalue weighted by atomic mass is 16.2. The van der Waals surface area contributed by atoms with Gasteiger partial charge in [-0.25, -0.2) is 14.8 Å². The van der Waals surface area contributed by atoms with Crippen LogP contribution in [0.2, 0.25) is 0 Å². The number of fused-ring (bicyclic) bond motifs is 4. The molecule has 0 saturated carbocycles. The van der Waals surface area contributed by atoms with Gasteiger partial charge < -0.3 is 10.2 Å². The molecule has 19 heavy (non-hydrogen) atoms. The summed E-state index contributed by atoms with van der Waals surface area (Å²) < 4.78 is 0. The molecule has 1 fully saturated rings. The molecule has 1 aromatic heterocycles. The predicted molar refractivity (Wildman–Crippen MR) is 71.6 cm³/mol. The van der Waals surface area contributed by atoms with Crippen molar-refractivity contribution in [1.82, 2.24) is 20.2 Å². The average molecular weight is 260 g/mol. The first-order valence-corrected chi connectivity index (χ1v) is 6.85. The minimum Gasteiger partial charge on any atom is -0.333 e. The number of amides is 2. The molecule has 2 atom stereocenters. The molecule has 2 bridgehead atoms. The quantitative estimate of drug-likeness (QED) is 0.776. The first-order valence-electron chi connectivity index (χ1n) is 6.85. The fourth-order valence-corrected chi connectivity index (χ4v) is 3.12. The Morgan fingerprint density at radius 1 is 1.42 bits per heavy atom. The standard InChI is InChI=1S/C14H20N4O/c1-14(2,3)17-13(19)18-9-4-5-12(18)10-7-15-8-16-11(10)6-9/h7-9,12H,4-6H2,1-3H3,(H,17,19)/t9-,12+/m0/s1. The highest BCUT2D eigenvalue weighted by Gasteiger charge is 2.43. The molecule has 2 aliphatic rings. The molecular formula is C14H20N4O. The van der Waals surface area contributed by atoms with Crippen LogP contribution in [0.1, 0.15) is 50.9 Å². The van der Waals surface area contributed by atoms with E-state index in [0.29, 0.717) is 0 Å². The summed E-state index contributed by atoms with van der Waals surface area (Å²) in [5.41, 5.74) is 2.03. The van der Waals surface area contributed by atoms with Gasteiger partial charge in [-0.1, -0.05) is 0 Å². The summed E-state index contributed by atoms with van der Waals surface area (Å²) in [7, 11) is 0. The van der Waals surface area contributed by atoms with Gasteiger partial charge in [-0.15, -0.1) is 0 Å². The number of hydrogen-bond acceptors (Lipinski definition) is 3. The summed E-state index contributed by atoms with van der Waals surface area (Å²) in [4.78, 5) is 22.9. The van der Waals surface area contributed by atoms with Crippen LogP contribution in [0.25, 0.3) is 0 Å². The first-order chi connectivity index (χ1) is 8.96. The van der Waals surface area contributed by atoms with E-state index in [9.17, 15) is 4.79 Å². The summed E-state index contributed by atoms with van der Waals surface area (Å²) >= 11 is 0. The van der Waals surface area contributed by atoms with Gasteiger partial charge in [0.15, 0.2) is 0 Å². The maximum absolute atomic E-state index is 12.5. The van der Waals surface area contributed by atoms with Gasteiger partial charge >= 0.3 is 6.03 Å². The zero-order valence-corrected chi connectivity index (χ0v) is 11.7. The van der Waals surface area contributed by atoms with E-state index in [1.807, 2.05) is 31.9 Å². The number of nitrogens with zero attached hydrogens (tertiary/aromatic N) is 3.